The van der Waals surface area contributed by atoms with E-state index in [1.807, 2.05) is 23.9 Å². The minimum absolute atomic E-state index is 0.820. The molecule has 0 saturated carbocycles. The third kappa shape index (κ3) is 4.45. The molecule has 1 aromatic rings. The number of rotatable bonds is 5. The second kappa shape index (κ2) is 6.40. The Balaban J connectivity index is 2.41. The van der Waals surface area contributed by atoms with E-state index in [0.29, 0.717) is 0 Å². The molecule has 0 spiro atoms. The quantitative estimate of drug-likeness (QED) is 0.667. The monoisotopic (exact) mass is 288 g/mol. The molecular weight excluding hydrogens is 272 g/mol. The van der Waals surface area contributed by atoms with Crippen LogP contribution in [0.4, 0.5) is 5.69 Å². The Bertz CT molecular complexity index is 315. The van der Waals surface area contributed by atoms with E-state index in [1.54, 1.807) is 0 Å². The van der Waals surface area contributed by atoms with Crippen LogP contribution in [0.3, 0.4) is 0 Å². The highest BCUT2D eigenvalue weighted by Gasteiger charge is 2.02. The van der Waals surface area contributed by atoms with Crippen molar-refractivity contribution in [1.82, 2.24) is 4.90 Å². The Kier molecular flexibility index (Phi) is 5.50. The Morgan fingerprint density at radius 2 is 2.13 bits per heavy atom. The topological polar surface area (TPSA) is 29.3 Å². The number of nitrogen functional groups attached to an aromatic ring is 1. The summed E-state index contributed by atoms with van der Waals surface area (Å²) in [6.07, 6.45) is 0. The van der Waals surface area contributed by atoms with Crippen LogP contribution >= 0.6 is 27.7 Å². The van der Waals surface area contributed by atoms with Crippen molar-refractivity contribution in [3.05, 3.63) is 28.2 Å². The van der Waals surface area contributed by atoms with Crippen molar-refractivity contribution >= 4 is 33.4 Å². The largest absolute Gasteiger partial charge is 0.398 e. The molecule has 0 amide bonds. The molecule has 84 valence electrons. The highest BCUT2D eigenvalue weighted by molar-refractivity contribution is 9.10. The molecule has 1 aromatic carbocycles. The first-order chi connectivity index (χ1) is 7.11. The lowest BCUT2D eigenvalue weighted by Crippen LogP contribution is -2.14. The summed E-state index contributed by atoms with van der Waals surface area (Å²) in [7, 11) is 4.19. The molecule has 0 bridgehead atoms. The van der Waals surface area contributed by atoms with Gasteiger partial charge in [0.25, 0.3) is 0 Å². The fourth-order valence-electron chi connectivity index (χ4n) is 1.14. The molecule has 0 unspecified atom stereocenters. The maximum atomic E-state index is 5.81. The summed E-state index contributed by atoms with van der Waals surface area (Å²) in [5.74, 6) is 2.16. The first-order valence-corrected chi connectivity index (χ1v) is 6.81. The van der Waals surface area contributed by atoms with Crippen molar-refractivity contribution in [2.24, 2.45) is 0 Å². The van der Waals surface area contributed by atoms with E-state index < -0.39 is 0 Å². The number of hydrogen-bond acceptors (Lipinski definition) is 3. The standard InChI is InChI=1S/C11H17BrN2S/c1-14(2)6-7-15-8-9-4-3-5-10(13)11(9)12/h3-5H,6-8,13H2,1-2H3. The normalized spacial score (nSPS) is 10.9. The number of nitrogens with two attached hydrogens (primary N) is 1. The lowest BCUT2D eigenvalue weighted by molar-refractivity contribution is 0.437. The number of hydrogen-bond donors (Lipinski definition) is 1. The number of halogens is 1. The Hall–Kier alpha value is -0.190. The lowest BCUT2D eigenvalue weighted by atomic mass is 10.2. The lowest BCUT2D eigenvalue weighted by Gasteiger charge is -2.10. The van der Waals surface area contributed by atoms with Gasteiger partial charge in [0.15, 0.2) is 0 Å². The molecule has 2 nitrogen and oxygen atoms in total. The van der Waals surface area contributed by atoms with Gasteiger partial charge in [-0.15, -0.1) is 0 Å². The van der Waals surface area contributed by atoms with E-state index in [4.69, 9.17) is 5.73 Å². The van der Waals surface area contributed by atoms with Crippen molar-refractivity contribution in [2.75, 3.05) is 32.1 Å². The fourth-order valence-corrected chi connectivity index (χ4v) is 2.83. The minimum atomic E-state index is 0.820. The fraction of sp³-hybridized carbons (Fsp3) is 0.455. The number of anilines is 1. The van der Waals surface area contributed by atoms with Gasteiger partial charge in [0, 0.05) is 28.2 Å². The summed E-state index contributed by atoms with van der Waals surface area (Å²) in [6.45, 7) is 1.12. The van der Waals surface area contributed by atoms with E-state index in [9.17, 15) is 0 Å². The highest BCUT2D eigenvalue weighted by Crippen LogP contribution is 2.26. The first-order valence-electron chi connectivity index (χ1n) is 4.86. The summed E-state index contributed by atoms with van der Waals surface area (Å²) in [5, 5.41) is 0. The summed E-state index contributed by atoms with van der Waals surface area (Å²) >= 11 is 5.44. The van der Waals surface area contributed by atoms with Gasteiger partial charge in [0.2, 0.25) is 0 Å². The smallest absolute Gasteiger partial charge is 0.0461 e. The summed E-state index contributed by atoms with van der Waals surface area (Å²) in [5.41, 5.74) is 7.91. The van der Waals surface area contributed by atoms with Gasteiger partial charge in [-0.2, -0.15) is 11.8 Å². The van der Waals surface area contributed by atoms with Crippen LogP contribution in [0.5, 0.6) is 0 Å². The van der Waals surface area contributed by atoms with E-state index >= 15 is 0 Å². The summed E-state index contributed by atoms with van der Waals surface area (Å²) < 4.78 is 1.04. The van der Waals surface area contributed by atoms with Gasteiger partial charge in [0.05, 0.1) is 0 Å². The van der Waals surface area contributed by atoms with Crippen molar-refractivity contribution < 1.29 is 0 Å². The molecule has 0 radical (unpaired) electrons. The summed E-state index contributed by atoms with van der Waals surface area (Å²) in [6, 6.07) is 6.03. The highest BCUT2D eigenvalue weighted by atomic mass is 79.9. The molecule has 15 heavy (non-hydrogen) atoms. The molecular formula is C11H17BrN2S. The SMILES string of the molecule is CN(C)CCSCc1cccc(N)c1Br. The molecule has 2 N–H and O–H groups in total. The van der Waals surface area contributed by atoms with Crippen molar-refractivity contribution in [3.8, 4) is 0 Å². The van der Waals surface area contributed by atoms with Crippen molar-refractivity contribution in [2.45, 2.75) is 5.75 Å². The van der Waals surface area contributed by atoms with Gasteiger partial charge in [-0.05, 0) is 41.7 Å². The van der Waals surface area contributed by atoms with Gasteiger partial charge in [-0.3, -0.25) is 0 Å². The Morgan fingerprint density at radius 3 is 2.80 bits per heavy atom. The van der Waals surface area contributed by atoms with Crippen LogP contribution in [0.15, 0.2) is 22.7 Å². The predicted octanol–water partition coefficient (Wildman–Crippen LogP) is 2.83. The molecule has 0 aromatic heterocycles. The molecule has 0 aliphatic heterocycles. The van der Waals surface area contributed by atoms with Crippen LogP contribution in [0.2, 0.25) is 0 Å². The van der Waals surface area contributed by atoms with Crippen LogP contribution in [0, 0.1) is 0 Å². The van der Waals surface area contributed by atoms with Gasteiger partial charge < -0.3 is 10.6 Å². The van der Waals surface area contributed by atoms with Gasteiger partial charge in [-0.25, -0.2) is 0 Å². The first kappa shape index (κ1) is 12.9. The van der Waals surface area contributed by atoms with Gasteiger partial charge in [0.1, 0.15) is 0 Å². The van der Waals surface area contributed by atoms with Crippen LogP contribution in [0.1, 0.15) is 5.56 Å². The summed E-state index contributed by atoms with van der Waals surface area (Å²) in [4.78, 5) is 2.20. The predicted molar refractivity (Wildman–Crippen MR) is 73.3 cm³/mol. The molecule has 0 aliphatic rings. The second-order valence-corrected chi connectivity index (χ2v) is 5.57. The van der Waals surface area contributed by atoms with E-state index in [2.05, 4.69) is 41.0 Å². The van der Waals surface area contributed by atoms with Crippen LogP contribution in [0.25, 0.3) is 0 Å². The van der Waals surface area contributed by atoms with E-state index in [0.717, 1.165) is 28.2 Å². The molecule has 1 rings (SSSR count). The zero-order valence-corrected chi connectivity index (χ0v) is 11.6. The third-order valence-electron chi connectivity index (χ3n) is 2.05. The second-order valence-electron chi connectivity index (χ2n) is 3.68. The molecule has 0 saturated heterocycles. The Labute approximate surface area is 104 Å². The molecule has 4 heteroatoms. The Morgan fingerprint density at radius 1 is 1.40 bits per heavy atom. The van der Waals surface area contributed by atoms with Crippen LogP contribution in [-0.2, 0) is 5.75 Å². The molecule has 0 heterocycles. The van der Waals surface area contributed by atoms with Crippen molar-refractivity contribution in [1.29, 1.82) is 0 Å². The maximum Gasteiger partial charge on any atom is 0.0461 e. The molecule has 0 fully saturated rings. The average molecular weight is 289 g/mol. The van der Waals surface area contributed by atoms with E-state index in [-0.39, 0.29) is 0 Å². The zero-order valence-electron chi connectivity index (χ0n) is 9.16. The molecule has 0 aliphatic carbocycles. The van der Waals surface area contributed by atoms with Crippen molar-refractivity contribution in [3.63, 3.8) is 0 Å². The number of nitrogens with zero attached hydrogens (tertiary/aromatic N) is 1. The van der Waals surface area contributed by atoms with Crippen LogP contribution in [-0.4, -0.2) is 31.3 Å². The van der Waals surface area contributed by atoms with E-state index in [1.165, 1.54) is 5.56 Å². The zero-order chi connectivity index (χ0) is 11.3. The van der Waals surface area contributed by atoms with Crippen LogP contribution < -0.4 is 5.73 Å². The van der Waals surface area contributed by atoms with Gasteiger partial charge in [-0.1, -0.05) is 12.1 Å². The molecule has 0 atom stereocenters. The number of benzene rings is 1. The minimum Gasteiger partial charge on any atom is -0.398 e. The average Bonchev–Trinajstić information content (AvgIpc) is 2.18. The maximum absolute atomic E-state index is 5.81. The van der Waals surface area contributed by atoms with Gasteiger partial charge >= 0.3 is 0 Å². The number of thioether (sulfide) groups is 1. The third-order valence-corrected chi connectivity index (χ3v) is 4.00.